The molecule has 126 valence electrons. The second-order valence-corrected chi connectivity index (χ2v) is 6.01. The molecular formula is C18H20ClN3O2. The van der Waals surface area contributed by atoms with E-state index in [0.717, 1.165) is 11.3 Å². The molecule has 0 bridgehead atoms. The van der Waals surface area contributed by atoms with Crippen LogP contribution in [0.25, 0.3) is 0 Å². The number of nitrogens with zero attached hydrogens (tertiary/aromatic N) is 1. The largest absolute Gasteiger partial charge is 0.378 e. The zero-order valence-electron chi connectivity index (χ0n) is 13.7. The van der Waals surface area contributed by atoms with Crippen LogP contribution in [0.5, 0.6) is 0 Å². The average Bonchev–Trinajstić information content (AvgIpc) is 2.59. The van der Waals surface area contributed by atoms with E-state index in [1.165, 1.54) is 0 Å². The molecular weight excluding hydrogens is 326 g/mol. The van der Waals surface area contributed by atoms with Crippen LogP contribution in [0.1, 0.15) is 22.3 Å². The van der Waals surface area contributed by atoms with Crippen LogP contribution in [0.2, 0.25) is 5.02 Å². The molecule has 2 aromatic rings. The van der Waals surface area contributed by atoms with E-state index >= 15 is 0 Å². The van der Waals surface area contributed by atoms with Gasteiger partial charge in [0.15, 0.2) is 0 Å². The minimum atomic E-state index is -0.349. The molecule has 0 heterocycles. The number of hydrogen-bond acceptors (Lipinski definition) is 3. The molecule has 0 aliphatic heterocycles. The molecule has 6 heteroatoms. The van der Waals surface area contributed by atoms with Crippen LogP contribution >= 0.6 is 11.6 Å². The SMILES string of the molecule is CN(C)c1cccc(C(=O)NNC(=O)CCc2ccc(Cl)cc2)c1. The quantitative estimate of drug-likeness (QED) is 0.819. The number of amides is 2. The van der Waals surface area contributed by atoms with Gasteiger partial charge in [-0.15, -0.1) is 0 Å². The lowest BCUT2D eigenvalue weighted by molar-refractivity contribution is -0.121. The van der Waals surface area contributed by atoms with Crippen molar-refractivity contribution in [2.75, 3.05) is 19.0 Å². The molecule has 0 atom stereocenters. The average molecular weight is 346 g/mol. The number of aryl methyl sites for hydroxylation is 1. The number of carbonyl (C=O) groups is 2. The summed E-state index contributed by atoms with van der Waals surface area (Å²) in [6, 6.07) is 14.5. The summed E-state index contributed by atoms with van der Waals surface area (Å²) in [6.07, 6.45) is 0.856. The number of carbonyl (C=O) groups excluding carboxylic acids is 2. The molecule has 0 aliphatic carbocycles. The molecule has 2 amide bonds. The molecule has 0 radical (unpaired) electrons. The summed E-state index contributed by atoms with van der Waals surface area (Å²) in [6.45, 7) is 0. The van der Waals surface area contributed by atoms with Gasteiger partial charge in [-0.3, -0.25) is 20.4 Å². The standard InChI is InChI=1S/C18H20ClN3O2/c1-22(2)16-5-3-4-14(12-16)18(24)21-20-17(23)11-8-13-6-9-15(19)10-7-13/h3-7,9-10,12H,8,11H2,1-2H3,(H,20,23)(H,21,24). The molecule has 0 aromatic heterocycles. The van der Waals surface area contributed by atoms with Crippen LogP contribution in [0.4, 0.5) is 5.69 Å². The Morgan fingerprint density at radius 3 is 2.42 bits per heavy atom. The van der Waals surface area contributed by atoms with E-state index in [1.54, 1.807) is 30.3 Å². The Morgan fingerprint density at radius 1 is 1.04 bits per heavy atom. The highest BCUT2D eigenvalue weighted by molar-refractivity contribution is 6.30. The van der Waals surface area contributed by atoms with Gasteiger partial charge in [0.05, 0.1) is 0 Å². The smallest absolute Gasteiger partial charge is 0.269 e. The van der Waals surface area contributed by atoms with Gasteiger partial charge in [0, 0.05) is 36.8 Å². The van der Waals surface area contributed by atoms with Crippen molar-refractivity contribution in [3.05, 3.63) is 64.7 Å². The van der Waals surface area contributed by atoms with Gasteiger partial charge in [0.25, 0.3) is 5.91 Å². The maximum Gasteiger partial charge on any atom is 0.269 e. The molecule has 2 N–H and O–H groups in total. The van der Waals surface area contributed by atoms with Crippen molar-refractivity contribution < 1.29 is 9.59 Å². The maximum atomic E-state index is 12.1. The van der Waals surface area contributed by atoms with E-state index in [-0.39, 0.29) is 18.2 Å². The number of hydrazine groups is 1. The van der Waals surface area contributed by atoms with E-state index in [2.05, 4.69) is 10.9 Å². The minimum Gasteiger partial charge on any atom is -0.378 e. The van der Waals surface area contributed by atoms with Gasteiger partial charge < -0.3 is 4.90 Å². The van der Waals surface area contributed by atoms with Crippen LogP contribution in [-0.2, 0) is 11.2 Å². The third-order valence-corrected chi connectivity index (χ3v) is 3.75. The van der Waals surface area contributed by atoms with E-state index in [1.807, 2.05) is 37.2 Å². The summed E-state index contributed by atoms with van der Waals surface area (Å²) in [5.41, 5.74) is 7.28. The molecule has 0 unspecified atom stereocenters. The number of anilines is 1. The van der Waals surface area contributed by atoms with E-state index in [9.17, 15) is 9.59 Å². The van der Waals surface area contributed by atoms with Crippen molar-refractivity contribution in [1.82, 2.24) is 10.9 Å². The molecule has 0 saturated carbocycles. The van der Waals surface area contributed by atoms with Gasteiger partial charge in [0.1, 0.15) is 0 Å². The Hall–Kier alpha value is -2.53. The maximum absolute atomic E-state index is 12.1. The van der Waals surface area contributed by atoms with Crippen molar-refractivity contribution in [3.8, 4) is 0 Å². The first-order valence-electron chi connectivity index (χ1n) is 7.57. The number of hydrogen-bond donors (Lipinski definition) is 2. The predicted molar refractivity (Wildman–Crippen MR) is 96.2 cm³/mol. The normalized spacial score (nSPS) is 10.1. The first-order valence-corrected chi connectivity index (χ1v) is 7.94. The highest BCUT2D eigenvalue weighted by Crippen LogP contribution is 2.13. The Morgan fingerprint density at radius 2 is 1.75 bits per heavy atom. The zero-order valence-corrected chi connectivity index (χ0v) is 14.4. The highest BCUT2D eigenvalue weighted by atomic mass is 35.5. The minimum absolute atomic E-state index is 0.248. The van der Waals surface area contributed by atoms with Crippen LogP contribution in [0.15, 0.2) is 48.5 Å². The van der Waals surface area contributed by atoms with Gasteiger partial charge in [-0.25, -0.2) is 0 Å². The number of nitrogens with one attached hydrogen (secondary N) is 2. The van der Waals surface area contributed by atoms with Crippen LogP contribution in [0, 0.1) is 0 Å². The summed E-state index contributed by atoms with van der Waals surface area (Å²) in [7, 11) is 3.80. The highest BCUT2D eigenvalue weighted by Gasteiger charge is 2.09. The first kappa shape index (κ1) is 17.8. The third-order valence-electron chi connectivity index (χ3n) is 3.49. The Bertz CT molecular complexity index is 714. The molecule has 0 aliphatic rings. The zero-order chi connectivity index (χ0) is 17.5. The molecule has 0 spiro atoms. The van der Waals surface area contributed by atoms with E-state index in [0.29, 0.717) is 17.0 Å². The molecule has 0 fully saturated rings. The molecule has 0 saturated heterocycles. The Kier molecular flexibility index (Phi) is 6.21. The van der Waals surface area contributed by atoms with Gasteiger partial charge in [-0.2, -0.15) is 0 Å². The summed E-state index contributed by atoms with van der Waals surface area (Å²) in [5, 5.41) is 0.662. The number of halogens is 1. The fraction of sp³-hybridized carbons (Fsp3) is 0.222. The predicted octanol–water partition coefficient (Wildman–Crippen LogP) is 2.80. The Labute approximate surface area is 146 Å². The second kappa shape index (κ2) is 8.36. The lowest BCUT2D eigenvalue weighted by atomic mass is 10.1. The van der Waals surface area contributed by atoms with Gasteiger partial charge in [-0.05, 0) is 42.3 Å². The first-order chi connectivity index (χ1) is 11.5. The number of benzene rings is 2. The summed E-state index contributed by atoms with van der Waals surface area (Å²) in [5.74, 6) is -0.597. The monoisotopic (exact) mass is 345 g/mol. The fourth-order valence-corrected chi connectivity index (χ4v) is 2.22. The van der Waals surface area contributed by atoms with Gasteiger partial charge in [0.2, 0.25) is 5.91 Å². The van der Waals surface area contributed by atoms with Crippen molar-refractivity contribution in [2.24, 2.45) is 0 Å². The second-order valence-electron chi connectivity index (χ2n) is 5.57. The van der Waals surface area contributed by atoms with Crippen molar-refractivity contribution in [1.29, 1.82) is 0 Å². The van der Waals surface area contributed by atoms with Crippen LogP contribution in [0.3, 0.4) is 0 Å². The molecule has 2 rings (SSSR count). The topological polar surface area (TPSA) is 61.4 Å². The van der Waals surface area contributed by atoms with E-state index < -0.39 is 0 Å². The van der Waals surface area contributed by atoms with Gasteiger partial charge >= 0.3 is 0 Å². The third kappa shape index (κ3) is 5.28. The summed E-state index contributed by atoms with van der Waals surface area (Å²) >= 11 is 5.82. The Balaban J connectivity index is 1.81. The van der Waals surface area contributed by atoms with E-state index in [4.69, 9.17) is 11.6 Å². The lowest BCUT2D eigenvalue weighted by Gasteiger charge is -2.13. The molecule has 24 heavy (non-hydrogen) atoms. The van der Waals surface area contributed by atoms with Gasteiger partial charge in [-0.1, -0.05) is 29.8 Å². The fourth-order valence-electron chi connectivity index (χ4n) is 2.10. The summed E-state index contributed by atoms with van der Waals surface area (Å²) < 4.78 is 0. The van der Waals surface area contributed by atoms with Crippen molar-refractivity contribution >= 4 is 29.1 Å². The number of rotatable bonds is 5. The molecule has 5 nitrogen and oxygen atoms in total. The van der Waals surface area contributed by atoms with Crippen LogP contribution < -0.4 is 15.8 Å². The van der Waals surface area contributed by atoms with Crippen LogP contribution in [-0.4, -0.2) is 25.9 Å². The lowest BCUT2D eigenvalue weighted by Crippen LogP contribution is -2.41. The van der Waals surface area contributed by atoms with Crippen molar-refractivity contribution in [3.63, 3.8) is 0 Å². The van der Waals surface area contributed by atoms with Crippen molar-refractivity contribution in [2.45, 2.75) is 12.8 Å². The summed E-state index contributed by atoms with van der Waals surface area (Å²) in [4.78, 5) is 25.8. The molecule has 2 aromatic carbocycles.